The molecule has 0 unspecified atom stereocenters. The van der Waals surface area contributed by atoms with Gasteiger partial charge in [0.15, 0.2) is 0 Å². The van der Waals surface area contributed by atoms with E-state index in [1.807, 2.05) is 24.2 Å². The largest absolute Gasteiger partial charge is 0.264 e. The lowest BCUT2D eigenvalue weighted by molar-refractivity contribution is 1.24. The van der Waals surface area contributed by atoms with Gasteiger partial charge in [0.2, 0.25) is 0 Å². The van der Waals surface area contributed by atoms with Gasteiger partial charge in [0.05, 0.1) is 0 Å². The second-order valence-electron chi connectivity index (χ2n) is 3.32. The van der Waals surface area contributed by atoms with Gasteiger partial charge in [-0.25, -0.2) is 0 Å². The molecule has 1 nitrogen and oxygen atoms in total. The van der Waals surface area contributed by atoms with Crippen LogP contribution in [-0.2, 0) is 5.75 Å². The van der Waals surface area contributed by atoms with E-state index in [2.05, 4.69) is 35.3 Å². The van der Waals surface area contributed by atoms with Gasteiger partial charge in [-0.1, -0.05) is 18.2 Å². The van der Waals surface area contributed by atoms with E-state index in [1.54, 1.807) is 0 Å². The van der Waals surface area contributed by atoms with Crippen LogP contribution >= 0.6 is 24.2 Å². The number of benzene rings is 1. The van der Waals surface area contributed by atoms with E-state index in [4.69, 9.17) is 0 Å². The van der Waals surface area contributed by atoms with E-state index >= 15 is 0 Å². The summed E-state index contributed by atoms with van der Waals surface area (Å²) in [6.07, 6.45) is 3.83. The molecule has 15 heavy (non-hydrogen) atoms. The van der Waals surface area contributed by atoms with Gasteiger partial charge in [0.1, 0.15) is 0 Å². The molecule has 3 rings (SSSR count). The van der Waals surface area contributed by atoms with Crippen molar-refractivity contribution in [3.05, 3.63) is 48.3 Å². The van der Waals surface area contributed by atoms with Gasteiger partial charge in [0, 0.05) is 28.6 Å². The van der Waals surface area contributed by atoms with Crippen LogP contribution in [0.25, 0.3) is 11.1 Å². The zero-order valence-corrected chi connectivity index (χ0v) is 9.65. The van der Waals surface area contributed by atoms with Gasteiger partial charge in [0.25, 0.3) is 0 Å². The summed E-state index contributed by atoms with van der Waals surface area (Å²) < 4.78 is 0. The molecule has 0 fully saturated rings. The molecule has 1 aliphatic heterocycles. The number of hydrogen-bond acceptors (Lipinski definition) is 2. The Morgan fingerprint density at radius 3 is 2.87 bits per heavy atom. The Morgan fingerprint density at radius 2 is 1.93 bits per heavy atom. The van der Waals surface area contributed by atoms with Crippen LogP contribution in [0.15, 0.2) is 47.6 Å². The van der Waals surface area contributed by atoms with Crippen molar-refractivity contribution in [1.29, 1.82) is 0 Å². The second-order valence-corrected chi connectivity index (χ2v) is 4.33. The molecule has 2 aromatic rings. The van der Waals surface area contributed by atoms with Crippen molar-refractivity contribution in [2.24, 2.45) is 0 Å². The first-order chi connectivity index (χ1) is 6.95. The van der Waals surface area contributed by atoms with Gasteiger partial charge in [-0.2, -0.15) is 0 Å². The van der Waals surface area contributed by atoms with Gasteiger partial charge < -0.3 is 0 Å². The van der Waals surface area contributed by atoms with E-state index < -0.39 is 0 Å². The zero-order chi connectivity index (χ0) is 9.38. The standard InChI is InChI=1S/C12H9NS.ClH/c1-2-4-12-10(3-1)11-7-13-6-5-9(11)8-14-12;/h1-7H,8H2;1H. The number of thioether (sulfide) groups is 1. The summed E-state index contributed by atoms with van der Waals surface area (Å²) in [5.74, 6) is 1.06. The van der Waals surface area contributed by atoms with Gasteiger partial charge in [-0.15, -0.1) is 24.2 Å². The molecule has 1 aliphatic rings. The van der Waals surface area contributed by atoms with Crippen molar-refractivity contribution in [2.75, 3.05) is 0 Å². The van der Waals surface area contributed by atoms with Crippen LogP contribution in [0.1, 0.15) is 5.56 Å². The fourth-order valence-electron chi connectivity index (χ4n) is 1.76. The average Bonchev–Trinajstić information content (AvgIpc) is 2.29. The summed E-state index contributed by atoms with van der Waals surface area (Å²) >= 11 is 1.90. The molecule has 0 spiro atoms. The van der Waals surface area contributed by atoms with E-state index in [0.717, 1.165) is 5.75 Å². The summed E-state index contributed by atoms with van der Waals surface area (Å²) in [7, 11) is 0. The maximum absolute atomic E-state index is 4.19. The number of fused-ring (bicyclic) bond motifs is 3. The van der Waals surface area contributed by atoms with Crippen molar-refractivity contribution in [3.63, 3.8) is 0 Å². The average molecular weight is 236 g/mol. The lowest BCUT2D eigenvalue weighted by Gasteiger charge is -2.17. The van der Waals surface area contributed by atoms with Crippen LogP contribution in [0, 0.1) is 0 Å². The summed E-state index contributed by atoms with van der Waals surface area (Å²) in [5.41, 5.74) is 4.01. The zero-order valence-electron chi connectivity index (χ0n) is 8.01. The van der Waals surface area contributed by atoms with Crippen molar-refractivity contribution in [2.45, 2.75) is 10.6 Å². The van der Waals surface area contributed by atoms with Crippen LogP contribution in [0.5, 0.6) is 0 Å². The lowest BCUT2D eigenvalue weighted by atomic mass is 10.0. The van der Waals surface area contributed by atoms with Crippen LogP contribution in [-0.4, -0.2) is 4.98 Å². The van der Waals surface area contributed by atoms with Crippen LogP contribution < -0.4 is 0 Å². The summed E-state index contributed by atoms with van der Waals surface area (Å²) in [4.78, 5) is 5.56. The fraction of sp³-hybridized carbons (Fsp3) is 0.0833. The van der Waals surface area contributed by atoms with Crippen molar-refractivity contribution in [1.82, 2.24) is 4.98 Å². The lowest BCUT2D eigenvalue weighted by Crippen LogP contribution is -1.95. The Kier molecular flexibility index (Phi) is 2.98. The maximum Gasteiger partial charge on any atom is 0.0349 e. The minimum absolute atomic E-state index is 0. The van der Waals surface area contributed by atoms with Gasteiger partial charge in [-0.05, 0) is 23.3 Å². The minimum atomic E-state index is 0. The molecule has 0 N–H and O–H groups in total. The molecule has 2 heterocycles. The third-order valence-electron chi connectivity index (χ3n) is 2.47. The summed E-state index contributed by atoms with van der Waals surface area (Å²) in [6.45, 7) is 0. The number of hydrogen-bond donors (Lipinski definition) is 0. The Morgan fingerprint density at radius 1 is 1.07 bits per heavy atom. The highest BCUT2D eigenvalue weighted by Gasteiger charge is 2.14. The normalized spacial score (nSPS) is 12.3. The number of pyridine rings is 1. The molecule has 3 heteroatoms. The van der Waals surface area contributed by atoms with Crippen LogP contribution in [0.2, 0.25) is 0 Å². The van der Waals surface area contributed by atoms with E-state index in [0.29, 0.717) is 0 Å². The van der Waals surface area contributed by atoms with Crippen molar-refractivity contribution >= 4 is 24.2 Å². The quantitative estimate of drug-likeness (QED) is 0.689. The van der Waals surface area contributed by atoms with E-state index in [-0.39, 0.29) is 12.4 Å². The molecule has 0 radical (unpaired) electrons. The molecular formula is C12H10ClNS. The highest BCUT2D eigenvalue weighted by atomic mass is 35.5. The highest BCUT2D eigenvalue weighted by Crippen LogP contribution is 2.40. The van der Waals surface area contributed by atoms with E-state index in [9.17, 15) is 0 Å². The second kappa shape index (κ2) is 4.25. The molecule has 0 bridgehead atoms. The minimum Gasteiger partial charge on any atom is -0.264 e. The number of aromatic nitrogens is 1. The summed E-state index contributed by atoms with van der Waals surface area (Å²) in [5, 5.41) is 0. The van der Waals surface area contributed by atoms with Gasteiger partial charge in [-0.3, -0.25) is 4.98 Å². The number of halogens is 1. The predicted octanol–water partition coefficient (Wildman–Crippen LogP) is 3.78. The SMILES string of the molecule is Cl.c1ccc2c(c1)SCc1ccncc1-2. The monoisotopic (exact) mass is 235 g/mol. The third kappa shape index (κ3) is 1.75. The first-order valence-electron chi connectivity index (χ1n) is 4.60. The Bertz CT molecular complexity index is 439. The Hall–Kier alpha value is -0.990. The molecule has 0 aliphatic carbocycles. The molecule has 1 aromatic carbocycles. The molecule has 1 aromatic heterocycles. The molecule has 0 atom stereocenters. The first kappa shape index (κ1) is 10.5. The maximum atomic E-state index is 4.19. The third-order valence-corrected chi connectivity index (χ3v) is 3.59. The smallest absolute Gasteiger partial charge is 0.0349 e. The molecular weight excluding hydrogens is 226 g/mol. The van der Waals surface area contributed by atoms with Crippen molar-refractivity contribution in [3.8, 4) is 11.1 Å². The predicted molar refractivity (Wildman–Crippen MR) is 66.5 cm³/mol. The highest BCUT2D eigenvalue weighted by molar-refractivity contribution is 7.98. The Labute approximate surface area is 99.3 Å². The van der Waals surface area contributed by atoms with Crippen LogP contribution in [0.3, 0.4) is 0 Å². The summed E-state index contributed by atoms with van der Waals surface area (Å²) in [6, 6.07) is 10.6. The fourth-order valence-corrected chi connectivity index (χ4v) is 2.83. The van der Waals surface area contributed by atoms with Crippen LogP contribution in [0.4, 0.5) is 0 Å². The first-order valence-corrected chi connectivity index (χ1v) is 5.59. The topological polar surface area (TPSA) is 12.9 Å². The van der Waals surface area contributed by atoms with E-state index in [1.165, 1.54) is 21.6 Å². The molecule has 0 amide bonds. The van der Waals surface area contributed by atoms with Crippen molar-refractivity contribution < 1.29 is 0 Å². The number of rotatable bonds is 0. The molecule has 76 valence electrons. The number of nitrogens with zero attached hydrogens (tertiary/aromatic N) is 1. The molecule has 0 saturated heterocycles. The van der Waals surface area contributed by atoms with Gasteiger partial charge >= 0.3 is 0 Å². The Balaban J connectivity index is 0.000000853. The molecule has 0 saturated carbocycles.